The van der Waals surface area contributed by atoms with Crippen LogP contribution in [0.15, 0.2) is 47.4 Å². The summed E-state index contributed by atoms with van der Waals surface area (Å²) in [6, 6.07) is 14.6. The number of nitrogens with zero attached hydrogens (tertiary/aromatic N) is 3. The molecule has 0 saturated carbocycles. The van der Waals surface area contributed by atoms with E-state index in [9.17, 15) is 4.79 Å². The number of hydrogen-bond acceptors (Lipinski definition) is 5. The number of thiazole rings is 1. The first-order chi connectivity index (χ1) is 14.3. The van der Waals surface area contributed by atoms with Crippen LogP contribution < -0.4 is 4.90 Å². The number of para-hydroxylation sites is 1. The van der Waals surface area contributed by atoms with E-state index in [4.69, 9.17) is 4.98 Å². The number of thioether (sulfide) groups is 1. The largest absolute Gasteiger partial charge is 0.309 e. The Labute approximate surface area is 188 Å². The summed E-state index contributed by atoms with van der Waals surface area (Å²) in [7, 11) is 4.12. The molecule has 0 unspecified atom stereocenters. The van der Waals surface area contributed by atoms with Gasteiger partial charge in [-0.2, -0.15) is 0 Å². The van der Waals surface area contributed by atoms with Crippen molar-refractivity contribution in [2.75, 3.05) is 32.1 Å². The molecule has 30 heavy (non-hydrogen) atoms. The van der Waals surface area contributed by atoms with E-state index in [-0.39, 0.29) is 5.91 Å². The number of carbonyl (C=O) groups excluding carboxylic acids is 1. The lowest BCUT2D eigenvalue weighted by atomic mass is 10.1. The van der Waals surface area contributed by atoms with E-state index in [0.717, 1.165) is 39.4 Å². The number of amides is 1. The van der Waals surface area contributed by atoms with Crippen LogP contribution in [0, 0.1) is 6.92 Å². The quantitative estimate of drug-likeness (QED) is 0.403. The van der Waals surface area contributed by atoms with Gasteiger partial charge in [0.2, 0.25) is 5.91 Å². The Morgan fingerprint density at radius 3 is 2.47 bits per heavy atom. The van der Waals surface area contributed by atoms with E-state index in [1.165, 1.54) is 4.90 Å². The van der Waals surface area contributed by atoms with Crippen LogP contribution >= 0.6 is 23.1 Å². The van der Waals surface area contributed by atoms with Crippen molar-refractivity contribution in [2.24, 2.45) is 0 Å². The van der Waals surface area contributed by atoms with Crippen molar-refractivity contribution in [3.05, 3.63) is 53.6 Å². The molecule has 1 heterocycles. The molecule has 0 atom stereocenters. The Kier molecular flexibility index (Phi) is 7.92. The number of fused-ring (bicyclic) bond motifs is 1. The summed E-state index contributed by atoms with van der Waals surface area (Å²) in [6.07, 6.45) is 1.31. The van der Waals surface area contributed by atoms with E-state index in [2.05, 4.69) is 82.2 Å². The number of hydrogen-bond donors (Lipinski definition) is 0. The summed E-state index contributed by atoms with van der Waals surface area (Å²) in [4.78, 5) is 23.4. The fourth-order valence-corrected chi connectivity index (χ4v) is 5.21. The summed E-state index contributed by atoms with van der Waals surface area (Å²) < 4.78 is 1.13. The minimum absolute atomic E-state index is 0.106. The normalized spacial score (nSPS) is 11.6. The van der Waals surface area contributed by atoms with Crippen LogP contribution in [0.25, 0.3) is 10.2 Å². The second kappa shape index (κ2) is 10.4. The number of carbonyl (C=O) groups is 1. The molecule has 6 heteroatoms. The minimum atomic E-state index is 0.106. The second-order valence-electron chi connectivity index (χ2n) is 8.11. The Morgan fingerprint density at radius 2 is 1.83 bits per heavy atom. The van der Waals surface area contributed by atoms with Gasteiger partial charge in [-0.15, -0.1) is 11.8 Å². The van der Waals surface area contributed by atoms with Crippen LogP contribution in [-0.2, 0) is 11.2 Å². The molecule has 2 aromatic carbocycles. The highest BCUT2D eigenvalue weighted by Crippen LogP contribution is 2.31. The van der Waals surface area contributed by atoms with Gasteiger partial charge in [-0.25, -0.2) is 4.98 Å². The van der Waals surface area contributed by atoms with Crippen molar-refractivity contribution in [3.63, 3.8) is 0 Å². The molecule has 0 aliphatic heterocycles. The average Bonchev–Trinajstić information content (AvgIpc) is 3.11. The summed E-state index contributed by atoms with van der Waals surface area (Å²) >= 11 is 3.44. The zero-order chi connectivity index (χ0) is 21.7. The van der Waals surface area contributed by atoms with Crippen LogP contribution in [0.3, 0.4) is 0 Å². The van der Waals surface area contributed by atoms with E-state index in [1.807, 2.05) is 16.7 Å². The highest BCUT2D eigenvalue weighted by Gasteiger charge is 2.20. The lowest BCUT2D eigenvalue weighted by Crippen LogP contribution is -2.34. The van der Waals surface area contributed by atoms with Gasteiger partial charge in [-0.1, -0.05) is 49.4 Å². The molecule has 3 rings (SSSR count). The third kappa shape index (κ3) is 6.06. The zero-order valence-electron chi connectivity index (χ0n) is 18.5. The molecule has 0 saturated heterocycles. The molecular weight excluding hydrogens is 410 g/mol. The molecule has 0 bridgehead atoms. The standard InChI is InChI=1S/C24H31N3OS2/c1-17(2)29-20-12-10-19(11-13-20)16-22(28)27(15-7-14-26(4)5)24-25-23-18(3)8-6-9-21(23)30-24/h6,8-13,17H,7,14-16H2,1-5H3. The van der Waals surface area contributed by atoms with E-state index in [0.29, 0.717) is 18.2 Å². The van der Waals surface area contributed by atoms with Crippen LogP contribution in [0.1, 0.15) is 31.4 Å². The highest BCUT2D eigenvalue weighted by atomic mass is 32.2. The molecule has 1 amide bonds. The first kappa shape index (κ1) is 22.8. The first-order valence-corrected chi connectivity index (χ1v) is 12.1. The van der Waals surface area contributed by atoms with Gasteiger partial charge in [0, 0.05) is 16.7 Å². The smallest absolute Gasteiger partial charge is 0.233 e. The van der Waals surface area contributed by atoms with E-state index in [1.54, 1.807) is 11.3 Å². The number of aryl methyl sites for hydroxylation is 1. The topological polar surface area (TPSA) is 36.4 Å². The molecule has 0 aliphatic rings. The molecule has 0 fully saturated rings. The second-order valence-corrected chi connectivity index (χ2v) is 10.8. The summed E-state index contributed by atoms with van der Waals surface area (Å²) in [6.45, 7) is 8.06. The summed E-state index contributed by atoms with van der Waals surface area (Å²) in [5, 5.41) is 1.35. The van der Waals surface area contributed by atoms with Crippen LogP contribution in [0.5, 0.6) is 0 Å². The molecule has 0 N–H and O–H groups in total. The maximum Gasteiger partial charge on any atom is 0.233 e. The van der Waals surface area contributed by atoms with Crippen molar-refractivity contribution in [3.8, 4) is 0 Å². The van der Waals surface area contributed by atoms with Gasteiger partial charge in [0.05, 0.1) is 16.6 Å². The van der Waals surface area contributed by atoms with Crippen LogP contribution in [0.4, 0.5) is 5.13 Å². The highest BCUT2D eigenvalue weighted by molar-refractivity contribution is 7.99. The molecule has 0 radical (unpaired) electrons. The molecule has 160 valence electrons. The Morgan fingerprint density at radius 1 is 1.10 bits per heavy atom. The third-order valence-electron chi connectivity index (χ3n) is 4.78. The average molecular weight is 442 g/mol. The Hall–Kier alpha value is -1.89. The first-order valence-electron chi connectivity index (χ1n) is 10.4. The monoisotopic (exact) mass is 441 g/mol. The fourth-order valence-electron chi connectivity index (χ4n) is 3.29. The van der Waals surface area contributed by atoms with Gasteiger partial charge >= 0.3 is 0 Å². The fraction of sp³-hybridized carbons (Fsp3) is 0.417. The van der Waals surface area contributed by atoms with Crippen molar-refractivity contribution in [1.29, 1.82) is 0 Å². The third-order valence-corrected chi connectivity index (χ3v) is 6.84. The Balaban J connectivity index is 1.79. The van der Waals surface area contributed by atoms with Gasteiger partial charge < -0.3 is 4.90 Å². The van der Waals surface area contributed by atoms with Gasteiger partial charge in [-0.3, -0.25) is 9.69 Å². The number of benzene rings is 2. The van der Waals surface area contributed by atoms with Crippen molar-refractivity contribution in [2.45, 2.75) is 43.8 Å². The number of rotatable bonds is 9. The minimum Gasteiger partial charge on any atom is -0.309 e. The molecule has 4 nitrogen and oxygen atoms in total. The Bertz CT molecular complexity index is 980. The lowest BCUT2D eigenvalue weighted by Gasteiger charge is -2.21. The summed E-state index contributed by atoms with van der Waals surface area (Å²) in [5.41, 5.74) is 3.19. The van der Waals surface area contributed by atoms with Gasteiger partial charge in [-0.05, 0) is 63.3 Å². The number of aromatic nitrogens is 1. The molecule has 0 aliphatic carbocycles. The summed E-state index contributed by atoms with van der Waals surface area (Å²) in [5.74, 6) is 0.106. The molecule has 1 aromatic heterocycles. The van der Waals surface area contributed by atoms with E-state index >= 15 is 0 Å². The van der Waals surface area contributed by atoms with Crippen molar-refractivity contribution in [1.82, 2.24) is 9.88 Å². The van der Waals surface area contributed by atoms with Crippen molar-refractivity contribution < 1.29 is 4.79 Å². The zero-order valence-corrected chi connectivity index (χ0v) is 20.1. The maximum atomic E-state index is 13.3. The van der Waals surface area contributed by atoms with Gasteiger partial charge in [0.25, 0.3) is 0 Å². The van der Waals surface area contributed by atoms with Crippen LogP contribution in [-0.4, -0.2) is 48.2 Å². The van der Waals surface area contributed by atoms with Gasteiger partial charge in [0.15, 0.2) is 5.13 Å². The van der Waals surface area contributed by atoms with Crippen molar-refractivity contribution >= 4 is 44.4 Å². The lowest BCUT2D eigenvalue weighted by molar-refractivity contribution is -0.118. The number of anilines is 1. The predicted octanol–water partition coefficient (Wildman–Crippen LogP) is 5.63. The van der Waals surface area contributed by atoms with Crippen LogP contribution in [0.2, 0.25) is 0 Å². The molecule has 3 aromatic rings. The van der Waals surface area contributed by atoms with E-state index < -0.39 is 0 Å². The predicted molar refractivity (Wildman–Crippen MR) is 131 cm³/mol. The van der Waals surface area contributed by atoms with Gasteiger partial charge in [0.1, 0.15) is 0 Å². The molecular formula is C24H31N3OS2. The maximum absolute atomic E-state index is 13.3. The SMILES string of the molecule is Cc1cccc2sc(N(CCCN(C)C)C(=O)Cc3ccc(SC(C)C)cc3)nc12. The molecule has 0 spiro atoms.